The van der Waals surface area contributed by atoms with Crippen LogP contribution in [0.25, 0.3) is 0 Å². The number of likely N-dealkylation sites (N-methyl/N-ethyl adjacent to an activating group) is 1. The van der Waals surface area contributed by atoms with Crippen LogP contribution < -0.4 is 5.32 Å². The lowest BCUT2D eigenvalue weighted by atomic mass is 10.1. The van der Waals surface area contributed by atoms with E-state index in [1.807, 2.05) is 44.2 Å². The maximum atomic E-state index is 13.1. The summed E-state index contributed by atoms with van der Waals surface area (Å²) < 4.78 is 26.8. The molecule has 0 aliphatic heterocycles. The SMILES string of the molecule is CCCNC(=O)C(C)N(Cc1ccccc1)C(=O)CN(C)S(=O)(=O)c1ccc(C)cc1. The summed E-state index contributed by atoms with van der Waals surface area (Å²) in [5, 5.41) is 2.80. The zero-order valence-electron chi connectivity index (χ0n) is 18.5. The maximum absolute atomic E-state index is 13.1. The van der Waals surface area contributed by atoms with Gasteiger partial charge in [0.1, 0.15) is 6.04 Å². The summed E-state index contributed by atoms with van der Waals surface area (Å²) in [5.41, 5.74) is 1.80. The van der Waals surface area contributed by atoms with Gasteiger partial charge in [0.2, 0.25) is 21.8 Å². The first-order valence-electron chi connectivity index (χ1n) is 10.3. The molecule has 2 aromatic carbocycles. The van der Waals surface area contributed by atoms with Crippen molar-refractivity contribution in [3.05, 3.63) is 65.7 Å². The highest BCUT2D eigenvalue weighted by atomic mass is 32.2. The van der Waals surface area contributed by atoms with Crippen LogP contribution in [0.15, 0.2) is 59.5 Å². The van der Waals surface area contributed by atoms with Crippen molar-refractivity contribution in [2.24, 2.45) is 0 Å². The van der Waals surface area contributed by atoms with Gasteiger partial charge in [0.05, 0.1) is 11.4 Å². The van der Waals surface area contributed by atoms with Crippen LogP contribution in [0, 0.1) is 6.92 Å². The quantitative estimate of drug-likeness (QED) is 0.609. The van der Waals surface area contributed by atoms with Gasteiger partial charge in [0, 0.05) is 20.1 Å². The molecule has 31 heavy (non-hydrogen) atoms. The molecule has 0 aliphatic carbocycles. The summed E-state index contributed by atoms with van der Waals surface area (Å²) in [6.07, 6.45) is 0.780. The van der Waals surface area contributed by atoms with E-state index in [2.05, 4.69) is 5.32 Å². The lowest BCUT2D eigenvalue weighted by Crippen LogP contribution is -2.50. The third kappa shape index (κ3) is 6.63. The average Bonchev–Trinajstić information content (AvgIpc) is 2.76. The molecule has 2 aromatic rings. The largest absolute Gasteiger partial charge is 0.354 e. The minimum Gasteiger partial charge on any atom is -0.354 e. The van der Waals surface area contributed by atoms with Crippen molar-refractivity contribution in [3.63, 3.8) is 0 Å². The maximum Gasteiger partial charge on any atom is 0.243 e. The highest BCUT2D eigenvalue weighted by Gasteiger charge is 2.30. The fraction of sp³-hybridized carbons (Fsp3) is 0.391. The van der Waals surface area contributed by atoms with Crippen molar-refractivity contribution >= 4 is 21.8 Å². The first kappa shape index (κ1) is 24.6. The van der Waals surface area contributed by atoms with Gasteiger partial charge in [-0.1, -0.05) is 55.0 Å². The number of aryl methyl sites for hydroxylation is 1. The van der Waals surface area contributed by atoms with Crippen LogP contribution in [0.5, 0.6) is 0 Å². The Morgan fingerprint density at radius 1 is 1.03 bits per heavy atom. The first-order chi connectivity index (χ1) is 14.7. The van der Waals surface area contributed by atoms with Crippen molar-refractivity contribution in [1.82, 2.24) is 14.5 Å². The fourth-order valence-corrected chi connectivity index (χ4v) is 4.14. The van der Waals surface area contributed by atoms with E-state index in [0.717, 1.165) is 21.9 Å². The Hall–Kier alpha value is -2.71. The molecule has 0 radical (unpaired) electrons. The van der Waals surface area contributed by atoms with E-state index >= 15 is 0 Å². The number of hydrogen-bond acceptors (Lipinski definition) is 4. The number of nitrogens with one attached hydrogen (secondary N) is 1. The van der Waals surface area contributed by atoms with Crippen LogP contribution in [0.1, 0.15) is 31.4 Å². The second kappa shape index (κ2) is 11.1. The minimum absolute atomic E-state index is 0.122. The molecule has 0 aliphatic rings. The number of hydrogen-bond donors (Lipinski definition) is 1. The smallest absolute Gasteiger partial charge is 0.243 e. The standard InChI is InChI=1S/C23H31N3O4S/c1-5-15-24-23(28)19(3)26(16-20-9-7-6-8-10-20)22(27)17-25(4)31(29,30)21-13-11-18(2)12-14-21/h6-14,19H,5,15-17H2,1-4H3,(H,24,28). The van der Waals surface area contributed by atoms with Gasteiger partial charge in [-0.05, 0) is 38.0 Å². The van der Waals surface area contributed by atoms with Crippen LogP contribution in [-0.4, -0.2) is 55.6 Å². The summed E-state index contributed by atoms with van der Waals surface area (Å²) in [5.74, 6) is -0.712. The highest BCUT2D eigenvalue weighted by molar-refractivity contribution is 7.89. The summed E-state index contributed by atoms with van der Waals surface area (Å²) >= 11 is 0. The van der Waals surface area contributed by atoms with E-state index in [1.54, 1.807) is 19.1 Å². The molecule has 0 aromatic heterocycles. The molecule has 1 atom stereocenters. The van der Waals surface area contributed by atoms with Gasteiger partial charge < -0.3 is 10.2 Å². The van der Waals surface area contributed by atoms with E-state index in [-0.39, 0.29) is 23.9 Å². The molecule has 0 fully saturated rings. The topological polar surface area (TPSA) is 86.8 Å². The van der Waals surface area contributed by atoms with E-state index in [4.69, 9.17) is 0 Å². The third-order valence-electron chi connectivity index (χ3n) is 5.00. The van der Waals surface area contributed by atoms with E-state index in [0.29, 0.717) is 6.54 Å². The van der Waals surface area contributed by atoms with Crippen LogP contribution >= 0.6 is 0 Å². The molecule has 168 valence electrons. The van der Waals surface area contributed by atoms with E-state index in [1.165, 1.54) is 24.1 Å². The highest BCUT2D eigenvalue weighted by Crippen LogP contribution is 2.16. The van der Waals surface area contributed by atoms with Crippen molar-refractivity contribution in [1.29, 1.82) is 0 Å². The summed E-state index contributed by atoms with van der Waals surface area (Å²) in [7, 11) is -2.46. The van der Waals surface area contributed by atoms with Gasteiger partial charge in [-0.25, -0.2) is 8.42 Å². The Bertz CT molecular complexity index is 976. The van der Waals surface area contributed by atoms with E-state index in [9.17, 15) is 18.0 Å². The number of carbonyl (C=O) groups excluding carboxylic acids is 2. The number of sulfonamides is 1. The lowest BCUT2D eigenvalue weighted by Gasteiger charge is -2.30. The predicted molar refractivity (Wildman–Crippen MR) is 121 cm³/mol. The summed E-state index contributed by atoms with van der Waals surface area (Å²) in [6, 6.07) is 15.0. The molecule has 0 spiro atoms. The number of amides is 2. The Kier molecular flexibility index (Phi) is 8.76. The van der Waals surface area contributed by atoms with Gasteiger partial charge in [-0.3, -0.25) is 9.59 Å². The first-order valence-corrected chi connectivity index (χ1v) is 11.7. The van der Waals surface area contributed by atoms with Gasteiger partial charge in [0.15, 0.2) is 0 Å². The molecule has 0 saturated carbocycles. The minimum atomic E-state index is -3.83. The Balaban J connectivity index is 2.22. The second-order valence-corrected chi connectivity index (χ2v) is 9.59. The molecule has 0 bridgehead atoms. The Labute approximate surface area is 185 Å². The van der Waals surface area contributed by atoms with Crippen molar-refractivity contribution in [3.8, 4) is 0 Å². The molecular formula is C23H31N3O4S. The number of carbonyl (C=O) groups is 2. The van der Waals surface area contributed by atoms with E-state index < -0.39 is 22.0 Å². The molecule has 2 amide bonds. The average molecular weight is 446 g/mol. The molecule has 0 saturated heterocycles. The number of benzene rings is 2. The molecule has 7 nitrogen and oxygen atoms in total. The second-order valence-electron chi connectivity index (χ2n) is 7.55. The molecule has 0 heterocycles. The van der Waals surface area contributed by atoms with Crippen molar-refractivity contribution in [2.45, 2.75) is 44.7 Å². The fourth-order valence-electron chi connectivity index (χ4n) is 3.02. The number of rotatable bonds is 10. The molecule has 2 rings (SSSR count). The predicted octanol–water partition coefficient (Wildman–Crippen LogP) is 2.56. The van der Waals surface area contributed by atoms with Crippen LogP contribution in [0.2, 0.25) is 0 Å². The Morgan fingerprint density at radius 3 is 2.23 bits per heavy atom. The van der Waals surface area contributed by atoms with Gasteiger partial charge >= 0.3 is 0 Å². The zero-order chi connectivity index (χ0) is 23.0. The van der Waals surface area contributed by atoms with Crippen molar-refractivity contribution in [2.75, 3.05) is 20.1 Å². The van der Waals surface area contributed by atoms with Gasteiger partial charge in [-0.2, -0.15) is 4.31 Å². The third-order valence-corrected chi connectivity index (χ3v) is 6.82. The lowest BCUT2D eigenvalue weighted by molar-refractivity contribution is -0.140. The summed E-state index contributed by atoms with van der Waals surface area (Å²) in [6.45, 7) is 5.82. The summed E-state index contributed by atoms with van der Waals surface area (Å²) in [4.78, 5) is 27.2. The molecular weight excluding hydrogens is 414 g/mol. The van der Waals surface area contributed by atoms with Gasteiger partial charge in [-0.15, -0.1) is 0 Å². The zero-order valence-corrected chi connectivity index (χ0v) is 19.4. The normalized spacial score (nSPS) is 12.4. The Morgan fingerprint density at radius 2 is 1.65 bits per heavy atom. The monoisotopic (exact) mass is 445 g/mol. The van der Waals surface area contributed by atoms with Crippen LogP contribution in [0.4, 0.5) is 0 Å². The van der Waals surface area contributed by atoms with Crippen LogP contribution in [-0.2, 0) is 26.2 Å². The molecule has 1 N–H and O–H groups in total. The van der Waals surface area contributed by atoms with Crippen molar-refractivity contribution < 1.29 is 18.0 Å². The molecule has 1 unspecified atom stereocenters. The molecule has 8 heteroatoms. The van der Waals surface area contributed by atoms with Crippen LogP contribution in [0.3, 0.4) is 0 Å². The van der Waals surface area contributed by atoms with Gasteiger partial charge in [0.25, 0.3) is 0 Å². The number of nitrogens with zero attached hydrogens (tertiary/aromatic N) is 2.